The van der Waals surface area contributed by atoms with Gasteiger partial charge in [0.2, 0.25) is 5.91 Å². The lowest BCUT2D eigenvalue weighted by atomic mass is 10.0. The molecule has 0 saturated carbocycles. The zero-order chi connectivity index (χ0) is 20.8. The molecule has 1 N–H and O–H groups in total. The Balaban J connectivity index is 1.25. The summed E-state index contributed by atoms with van der Waals surface area (Å²) in [5.74, 6) is 0.104. The molecule has 1 fully saturated rings. The van der Waals surface area contributed by atoms with Gasteiger partial charge < -0.3 is 10.2 Å². The molecule has 0 radical (unpaired) electrons. The number of nitrogens with zero attached hydrogens (tertiary/aromatic N) is 2. The Kier molecular flexibility index (Phi) is 6.77. The van der Waals surface area contributed by atoms with Crippen molar-refractivity contribution in [2.75, 3.05) is 33.2 Å². The topological polar surface area (TPSA) is 35.6 Å². The Morgan fingerprint density at radius 2 is 1.60 bits per heavy atom. The van der Waals surface area contributed by atoms with E-state index in [0.717, 1.165) is 39.1 Å². The molecule has 3 aromatic carbocycles. The Bertz CT molecular complexity index is 992. The first-order chi connectivity index (χ1) is 14.7. The summed E-state index contributed by atoms with van der Waals surface area (Å²) in [6, 6.07) is 23.4. The van der Waals surface area contributed by atoms with Crippen LogP contribution >= 0.6 is 0 Å². The van der Waals surface area contributed by atoms with E-state index in [2.05, 4.69) is 88.9 Å². The van der Waals surface area contributed by atoms with Gasteiger partial charge in [0.25, 0.3) is 0 Å². The predicted octanol–water partition coefficient (Wildman–Crippen LogP) is 3.84. The molecule has 3 aromatic rings. The van der Waals surface area contributed by atoms with Crippen LogP contribution in [0.15, 0.2) is 66.7 Å². The highest BCUT2D eigenvalue weighted by Gasteiger charge is 2.14. The summed E-state index contributed by atoms with van der Waals surface area (Å²) in [6.07, 6.45) is 1.28. The van der Waals surface area contributed by atoms with Crippen molar-refractivity contribution in [2.45, 2.75) is 25.9 Å². The molecule has 0 aliphatic carbocycles. The van der Waals surface area contributed by atoms with Crippen LogP contribution in [0.1, 0.15) is 23.1 Å². The first-order valence-corrected chi connectivity index (χ1v) is 10.9. The van der Waals surface area contributed by atoms with Gasteiger partial charge in [-0.05, 0) is 40.9 Å². The van der Waals surface area contributed by atoms with Crippen LogP contribution in [-0.2, 0) is 24.3 Å². The number of carbonyl (C=O) groups is 1. The van der Waals surface area contributed by atoms with Crippen LogP contribution in [0.2, 0.25) is 0 Å². The zero-order valence-electron chi connectivity index (χ0n) is 17.8. The van der Waals surface area contributed by atoms with E-state index in [1.165, 1.54) is 27.5 Å². The lowest BCUT2D eigenvalue weighted by molar-refractivity contribution is -0.121. The molecule has 4 rings (SSSR count). The summed E-state index contributed by atoms with van der Waals surface area (Å²) in [5.41, 5.74) is 3.70. The fourth-order valence-electron chi connectivity index (χ4n) is 4.04. The molecule has 1 saturated heterocycles. The molecular formula is C26H31N3O. The zero-order valence-corrected chi connectivity index (χ0v) is 17.8. The molecule has 0 aromatic heterocycles. The lowest BCUT2D eigenvalue weighted by Gasteiger charge is -2.32. The van der Waals surface area contributed by atoms with Gasteiger partial charge in [-0.3, -0.25) is 9.69 Å². The van der Waals surface area contributed by atoms with Gasteiger partial charge in [-0.15, -0.1) is 0 Å². The molecule has 4 nitrogen and oxygen atoms in total. The average Bonchev–Trinajstić information content (AvgIpc) is 2.78. The molecule has 0 spiro atoms. The minimum atomic E-state index is 0.104. The highest BCUT2D eigenvalue weighted by molar-refractivity contribution is 5.83. The SMILES string of the molecule is CN1CCN(Cc2cccc(CNC(=O)CCc3ccc4ccccc4c3)c2)CC1. The first-order valence-electron chi connectivity index (χ1n) is 10.9. The van der Waals surface area contributed by atoms with Crippen molar-refractivity contribution in [2.24, 2.45) is 0 Å². The number of piperazine rings is 1. The van der Waals surface area contributed by atoms with Gasteiger partial charge in [-0.25, -0.2) is 0 Å². The van der Waals surface area contributed by atoms with Crippen LogP contribution in [0.5, 0.6) is 0 Å². The van der Waals surface area contributed by atoms with Gasteiger partial charge >= 0.3 is 0 Å². The van der Waals surface area contributed by atoms with Gasteiger partial charge in [-0.1, -0.05) is 66.7 Å². The number of hydrogen-bond donors (Lipinski definition) is 1. The number of amides is 1. The summed E-state index contributed by atoms with van der Waals surface area (Å²) in [5, 5.41) is 5.55. The second-order valence-electron chi connectivity index (χ2n) is 8.36. The number of fused-ring (bicyclic) bond motifs is 1. The van der Waals surface area contributed by atoms with Crippen molar-refractivity contribution in [1.29, 1.82) is 0 Å². The minimum absolute atomic E-state index is 0.104. The molecule has 4 heteroatoms. The van der Waals surface area contributed by atoms with Crippen molar-refractivity contribution < 1.29 is 4.79 Å². The van der Waals surface area contributed by atoms with Crippen molar-refractivity contribution in [3.63, 3.8) is 0 Å². The van der Waals surface area contributed by atoms with Crippen LogP contribution < -0.4 is 5.32 Å². The van der Waals surface area contributed by atoms with E-state index >= 15 is 0 Å². The highest BCUT2D eigenvalue weighted by Crippen LogP contribution is 2.16. The smallest absolute Gasteiger partial charge is 0.220 e. The van der Waals surface area contributed by atoms with Gasteiger partial charge in [0.1, 0.15) is 0 Å². The third-order valence-electron chi connectivity index (χ3n) is 5.94. The number of rotatable bonds is 7. The molecule has 0 atom stereocenters. The van der Waals surface area contributed by atoms with E-state index in [-0.39, 0.29) is 5.91 Å². The maximum absolute atomic E-state index is 12.4. The van der Waals surface area contributed by atoms with Crippen molar-refractivity contribution >= 4 is 16.7 Å². The molecule has 1 aliphatic heterocycles. The average molecular weight is 402 g/mol. The minimum Gasteiger partial charge on any atom is -0.352 e. The molecule has 30 heavy (non-hydrogen) atoms. The number of benzene rings is 3. The number of nitrogens with one attached hydrogen (secondary N) is 1. The number of hydrogen-bond acceptors (Lipinski definition) is 3. The highest BCUT2D eigenvalue weighted by atomic mass is 16.1. The standard InChI is InChI=1S/C26H31N3O/c1-28-13-15-29(16-14-28)20-23-6-4-5-22(17-23)19-27-26(30)12-10-21-9-11-24-7-2-3-8-25(24)18-21/h2-9,11,17-18H,10,12-16,19-20H2,1H3,(H,27,30). The number of aryl methyl sites for hydroxylation is 1. The van der Waals surface area contributed by atoms with E-state index in [1.54, 1.807) is 0 Å². The van der Waals surface area contributed by atoms with Crippen LogP contribution in [0, 0.1) is 0 Å². The van der Waals surface area contributed by atoms with Gasteiger partial charge in [0.05, 0.1) is 0 Å². The Morgan fingerprint density at radius 3 is 2.43 bits per heavy atom. The summed E-state index contributed by atoms with van der Waals surface area (Å²) in [4.78, 5) is 17.2. The number of likely N-dealkylation sites (N-methyl/N-ethyl adjacent to an activating group) is 1. The molecule has 0 unspecified atom stereocenters. The van der Waals surface area contributed by atoms with E-state index in [9.17, 15) is 4.79 Å². The molecule has 1 heterocycles. The van der Waals surface area contributed by atoms with E-state index in [1.807, 2.05) is 0 Å². The Morgan fingerprint density at radius 1 is 0.833 bits per heavy atom. The van der Waals surface area contributed by atoms with Gasteiger partial charge in [0, 0.05) is 45.7 Å². The molecule has 156 valence electrons. The normalized spacial score (nSPS) is 15.4. The van der Waals surface area contributed by atoms with E-state index in [0.29, 0.717) is 13.0 Å². The summed E-state index contributed by atoms with van der Waals surface area (Å²) < 4.78 is 0. The second-order valence-corrected chi connectivity index (χ2v) is 8.36. The Labute approximate surface area is 179 Å². The van der Waals surface area contributed by atoms with Crippen molar-refractivity contribution in [3.8, 4) is 0 Å². The van der Waals surface area contributed by atoms with E-state index in [4.69, 9.17) is 0 Å². The monoisotopic (exact) mass is 401 g/mol. The van der Waals surface area contributed by atoms with Crippen LogP contribution in [0.4, 0.5) is 0 Å². The van der Waals surface area contributed by atoms with Gasteiger partial charge in [-0.2, -0.15) is 0 Å². The molecule has 1 aliphatic rings. The fourth-order valence-corrected chi connectivity index (χ4v) is 4.04. The van der Waals surface area contributed by atoms with Crippen LogP contribution in [0.25, 0.3) is 10.8 Å². The van der Waals surface area contributed by atoms with Crippen LogP contribution in [-0.4, -0.2) is 48.9 Å². The summed E-state index contributed by atoms with van der Waals surface area (Å²) in [6.45, 7) is 6.07. The second kappa shape index (κ2) is 9.88. The molecule has 0 bridgehead atoms. The summed E-state index contributed by atoms with van der Waals surface area (Å²) in [7, 11) is 2.18. The molecule has 1 amide bonds. The Hall–Kier alpha value is -2.69. The summed E-state index contributed by atoms with van der Waals surface area (Å²) >= 11 is 0. The number of carbonyl (C=O) groups excluding carboxylic acids is 1. The fraction of sp³-hybridized carbons (Fsp3) is 0.346. The largest absolute Gasteiger partial charge is 0.352 e. The maximum Gasteiger partial charge on any atom is 0.220 e. The van der Waals surface area contributed by atoms with Crippen molar-refractivity contribution in [1.82, 2.24) is 15.1 Å². The van der Waals surface area contributed by atoms with E-state index < -0.39 is 0 Å². The van der Waals surface area contributed by atoms with Crippen LogP contribution in [0.3, 0.4) is 0 Å². The van der Waals surface area contributed by atoms with Gasteiger partial charge in [0.15, 0.2) is 0 Å². The molecular weight excluding hydrogens is 370 g/mol. The quantitative estimate of drug-likeness (QED) is 0.653. The first kappa shape index (κ1) is 20.6. The maximum atomic E-state index is 12.4. The predicted molar refractivity (Wildman–Crippen MR) is 123 cm³/mol. The van der Waals surface area contributed by atoms with Crippen molar-refractivity contribution in [3.05, 3.63) is 83.4 Å². The third-order valence-corrected chi connectivity index (χ3v) is 5.94. The lowest BCUT2D eigenvalue weighted by Crippen LogP contribution is -2.43. The third kappa shape index (κ3) is 5.68.